The first-order valence-electron chi connectivity index (χ1n) is 6.68. The molecule has 3 aromatic rings. The summed E-state index contributed by atoms with van der Waals surface area (Å²) in [6.45, 7) is 1.93. The number of aryl methyl sites for hydroxylation is 1. The van der Waals surface area contributed by atoms with Gasteiger partial charge in [-0.3, -0.25) is 4.98 Å². The largest absolute Gasteiger partial charge is 0.494 e. The summed E-state index contributed by atoms with van der Waals surface area (Å²) < 4.78 is 11.2. The zero-order valence-corrected chi connectivity index (χ0v) is 13.0. The molecule has 0 saturated heterocycles. The summed E-state index contributed by atoms with van der Waals surface area (Å²) in [6, 6.07) is 9.35. The molecule has 0 bridgehead atoms. The predicted octanol–water partition coefficient (Wildman–Crippen LogP) is 3.31. The fourth-order valence-corrected chi connectivity index (χ4v) is 2.30. The van der Waals surface area contributed by atoms with E-state index in [1.807, 2.05) is 37.3 Å². The van der Waals surface area contributed by atoms with Crippen LogP contribution in [0.3, 0.4) is 0 Å². The number of aromatic nitrogens is 2. The third-order valence-electron chi connectivity index (χ3n) is 3.27. The van der Waals surface area contributed by atoms with Crippen molar-refractivity contribution in [1.29, 1.82) is 0 Å². The van der Waals surface area contributed by atoms with Gasteiger partial charge >= 0.3 is 0 Å². The molecule has 0 aliphatic carbocycles. The first-order chi connectivity index (χ1) is 10.6. The normalized spacial score (nSPS) is 10.6. The summed E-state index contributed by atoms with van der Waals surface area (Å²) in [5.41, 5.74) is 8.13. The molecular formula is C16H15N3O2S. The summed E-state index contributed by atoms with van der Waals surface area (Å²) in [4.78, 5) is 7.67. The van der Waals surface area contributed by atoms with Crippen molar-refractivity contribution in [1.82, 2.24) is 9.97 Å². The molecule has 0 radical (unpaired) electrons. The Kier molecular flexibility index (Phi) is 3.68. The maximum atomic E-state index is 5.83. The van der Waals surface area contributed by atoms with Crippen molar-refractivity contribution < 1.29 is 9.47 Å². The summed E-state index contributed by atoms with van der Waals surface area (Å²) >= 11 is 5.00. The Hall–Kier alpha value is -2.60. The molecule has 0 unspecified atom stereocenters. The number of ether oxygens (including phenoxy) is 2. The van der Waals surface area contributed by atoms with Gasteiger partial charge in [0.15, 0.2) is 0 Å². The molecule has 6 heteroatoms. The first-order valence-corrected chi connectivity index (χ1v) is 7.08. The molecule has 0 aliphatic rings. The molecule has 22 heavy (non-hydrogen) atoms. The van der Waals surface area contributed by atoms with Crippen LogP contribution in [0.4, 0.5) is 0 Å². The van der Waals surface area contributed by atoms with Crippen LogP contribution in [0, 0.1) is 6.92 Å². The number of H-pyrrole nitrogens is 1. The second-order valence-electron chi connectivity index (χ2n) is 4.87. The quantitative estimate of drug-likeness (QED) is 0.723. The van der Waals surface area contributed by atoms with Crippen LogP contribution in [0.2, 0.25) is 0 Å². The highest BCUT2D eigenvalue weighted by molar-refractivity contribution is 7.80. The summed E-state index contributed by atoms with van der Waals surface area (Å²) in [5, 5.41) is 0.914. The van der Waals surface area contributed by atoms with Crippen molar-refractivity contribution >= 4 is 28.1 Å². The van der Waals surface area contributed by atoms with Crippen LogP contribution in [-0.2, 0) is 0 Å². The molecular weight excluding hydrogens is 298 g/mol. The topological polar surface area (TPSA) is 73.2 Å². The average Bonchev–Trinajstić information content (AvgIpc) is 2.93. The van der Waals surface area contributed by atoms with Crippen LogP contribution in [0.25, 0.3) is 10.9 Å². The lowest BCUT2D eigenvalue weighted by Crippen LogP contribution is -2.09. The lowest BCUT2D eigenvalue weighted by atomic mass is 10.2. The Morgan fingerprint density at radius 1 is 1.23 bits per heavy atom. The van der Waals surface area contributed by atoms with Crippen LogP contribution in [0.5, 0.6) is 17.2 Å². The number of hydrogen-bond acceptors (Lipinski definition) is 4. The van der Waals surface area contributed by atoms with Crippen LogP contribution in [0.1, 0.15) is 11.4 Å². The number of methoxy groups -OCH3 is 1. The number of thiocarbonyl (C=S) groups is 1. The van der Waals surface area contributed by atoms with E-state index in [0.717, 1.165) is 16.6 Å². The molecule has 0 spiro atoms. The van der Waals surface area contributed by atoms with Gasteiger partial charge in [-0.05, 0) is 31.2 Å². The van der Waals surface area contributed by atoms with Crippen LogP contribution >= 0.6 is 12.2 Å². The van der Waals surface area contributed by atoms with Gasteiger partial charge in [0.2, 0.25) is 0 Å². The van der Waals surface area contributed by atoms with E-state index in [9.17, 15) is 0 Å². The number of rotatable bonds is 4. The van der Waals surface area contributed by atoms with Crippen molar-refractivity contribution in [2.75, 3.05) is 7.11 Å². The average molecular weight is 313 g/mol. The Labute approximate surface area is 133 Å². The van der Waals surface area contributed by atoms with Crippen molar-refractivity contribution in [2.24, 2.45) is 5.73 Å². The number of aromatic amines is 1. The molecule has 2 aromatic heterocycles. The van der Waals surface area contributed by atoms with Crippen molar-refractivity contribution in [3.05, 3.63) is 47.9 Å². The highest BCUT2D eigenvalue weighted by Crippen LogP contribution is 2.33. The van der Waals surface area contributed by atoms with E-state index < -0.39 is 0 Å². The molecule has 3 rings (SSSR count). The Balaban J connectivity index is 2.02. The van der Waals surface area contributed by atoms with Gasteiger partial charge in [-0.2, -0.15) is 0 Å². The second-order valence-corrected chi connectivity index (χ2v) is 5.31. The smallest absolute Gasteiger partial charge is 0.146 e. The minimum Gasteiger partial charge on any atom is -0.494 e. The van der Waals surface area contributed by atoms with Crippen LogP contribution in [0.15, 0.2) is 36.5 Å². The van der Waals surface area contributed by atoms with E-state index >= 15 is 0 Å². The van der Waals surface area contributed by atoms with Gasteiger partial charge in [-0.15, -0.1) is 0 Å². The molecule has 0 saturated carbocycles. The molecule has 1 aromatic carbocycles. The number of pyridine rings is 1. The summed E-state index contributed by atoms with van der Waals surface area (Å²) in [7, 11) is 1.60. The van der Waals surface area contributed by atoms with Crippen LogP contribution in [-0.4, -0.2) is 22.1 Å². The molecule has 2 heterocycles. The maximum Gasteiger partial charge on any atom is 0.146 e. The van der Waals surface area contributed by atoms with Gasteiger partial charge in [0.05, 0.1) is 24.5 Å². The summed E-state index contributed by atoms with van der Waals surface area (Å²) in [6.07, 6.45) is 1.68. The predicted molar refractivity (Wildman–Crippen MR) is 89.8 cm³/mol. The standard InChI is InChI=1S/C16H15N3O2S/c1-9-3-4-11(8-18-9)21-12-5-10-6-13(16(17)22)19-15(10)14(7-12)20-2/h3-8,19H,1-2H3,(H2,17,22). The molecule has 0 aliphatic heterocycles. The molecule has 0 amide bonds. The zero-order valence-electron chi connectivity index (χ0n) is 12.2. The molecule has 0 atom stereocenters. The second kappa shape index (κ2) is 5.65. The fraction of sp³-hybridized carbons (Fsp3) is 0.125. The van der Waals surface area contributed by atoms with Gasteiger partial charge in [0.25, 0.3) is 0 Å². The molecule has 0 fully saturated rings. The monoisotopic (exact) mass is 313 g/mol. The lowest BCUT2D eigenvalue weighted by Gasteiger charge is -2.08. The van der Waals surface area contributed by atoms with Gasteiger partial charge in [-0.25, -0.2) is 0 Å². The van der Waals surface area contributed by atoms with Gasteiger partial charge in [0, 0.05) is 17.1 Å². The third kappa shape index (κ3) is 2.73. The van der Waals surface area contributed by atoms with Gasteiger partial charge in [-0.1, -0.05) is 12.2 Å². The van der Waals surface area contributed by atoms with Crippen molar-refractivity contribution in [3.8, 4) is 17.2 Å². The zero-order chi connectivity index (χ0) is 15.7. The van der Waals surface area contributed by atoms with E-state index in [1.54, 1.807) is 13.3 Å². The maximum absolute atomic E-state index is 5.83. The lowest BCUT2D eigenvalue weighted by molar-refractivity contribution is 0.413. The molecule has 5 nitrogen and oxygen atoms in total. The number of hydrogen-bond donors (Lipinski definition) is 2. The minimum absolute atomic E-state index is 0.309. The van der Waals surface area contributed by atoms with E-state index in [4.69, 9.17) is 27.4 Å². The van der Waals surface area contributed by atoms with Gasteiger partial charge in [0.1, 0.15) is 22.2 Å². The number of nitrogens with zero attached hydrogens (tertiary/aromatic N) is 1. The third-order valence-corrected chi connectivity index (χ3v) is 3.49. The minimum atomic E-state index is 0.309. The first kappa shape index (κ1) is 14.3. The Bertz CT molecular complexity index is 840. The number of benzene rings is 1. The Morgan fingerprint density at radius 2 is 2.05 bits per heavy atom. The molecule has 112 valence electrons. The highest BCUT2D eigenvalue weighted by atomic mass is 32.1. The summed E-state index contributed by atoms with van der Waals surface area (Å²) in [5.74, 6) is 1.98. The van der Waals surface area contributed by atoms with E-state index in [-0.39, 0.29) is 0 Å². The van der Waals surface area contributed by atoms with E-state index in [2.05, 4.69) is 9.97 Å². The van der Waals surface area contributed by atoms with Crippen molar-refractivity contribution in [3.63, 3.8) is 0 Å². The number of fused-ring (bicyclic) bond motifs is 1. The number of nitrogens with two attached hydrogens (primary N) is 1. The number of nitrogens with one attached hydrogen (secondary N) is 1. The molecule has 3 N–H and O–H groups in total. The van der Waals surface area contributed by atoms with Gasteiger partial charge < -0.3 is 20.2 Å². The van der Waals surface area contributed by atoms with E-state index in [1.165, 1.54) is 0 Å². The van der Waals surface area contributed by atoms with Crippen molar-refractivity contribution in [2.45, 2.75) is 6.92 Å². The van der Waals surface area contributed by atoms with Crippen LogP contribution < -0.4 is 15.2 Å². The SMILES string of the molecule is COc1cc(Oc2ccc(C)nc2)cc2cc(C(N)=S)[nH]c12. The fourth-order valence-electron chi connectivity index (χ4n) is 2.19. The van der Waals surface area contributed by atoms with E-state index in [0.29, 0.717) is 27.9 Å². The Morgan fingerprint density at radius 3 is 2.68 bits per heavy atom. The highest BCUT2D eigenvalue weighted by Gasteiger charge is 2.11.